The number of rotatable bonds is 7. The molecule has 0 unspecified atom stereocenters. The van der Waals surface area contributed by atoms with Crippen molar-refractivity contribution in [1.29, 1.82) is 0 Å². The topological polar surface area (TPSA) is 140 Å². The zero-order valence-corrected chi connectivity index (χ0v) is 17.6. The maximum atomic E-state index is 12.8. The molecule has 2 aromatic heterocycles. The fourth-order valence-electron chi connectivity index (χ4n) is 2.89. The van der Waals surface area contributed by atoms with Crippen LogP contribution < -0.4 is 16.1 Å². The first-order chi connectivity index (χ1) is 15.5. The second-order valence-corrected chi connectivity index (χ2v) is 7.15. The van der Waals surface area contributed by atoms with Gasteiger partial charge in [-0.05, 0) is 40.1 Å². The lowest BCUT2D eigenvalue weighted by Gasteiger charge is -2.19. The van der Waals surface area contributed by atoms with Crippen molar-refractivity contribution < 1.29 is 9.42 Å². The van der Waals surface area contributed by atoms with Crippen LogP contribution in [0.3, 0.4) is 0 Å². The van der Waals surface area contributed by atoms with Gasteiger partial charge in [0, 0.05) is 17.8 Å². The van der Waals surface area contributed by atoms with E-state index < -0.39 is 5.91 Å². The highest BCUT2D eigenvalue weighted by molar-refractivity contribution is 6.30. The highest BCUT2D eigenvalue weighted by Gasteiger charge is 2.25. The van der Waals surface area contributed by atoms with E-state index in [0.717, 1.165) is 11.3 Å². The van der Waals surface area contributed by atoms with Gasteiger partial charge in [-0.1, -0.05) is 47.1 Å². The number of nitrogen functional groups attached to an aromatic ring is 1. The second kappa shape index (κ2) is 9.27. The summed E-state index contributed by atoms with van der Waals surface area (Å²) < 4.78 is 6.00. The fraction of sp³-hybridized carbons (Fsp3) is 0.100. The lowest BCUT2D eigenvalue weighted by molar-refractivity contribution is 0.0949. The minimum atomic E-state index is -0.548. The molecule has 2 aromatic carbocycles. The Morgan fingerprint density at radius 1 is 1.22 bits per heavy atom. The number of carbonyl (C=O) groups is 1. The Kier molecular flexibility index (Phi) is 6.08. The summed E-state index contributed by atoms with van der Waals surface area (Å²) in [5.41, 5.74) is 10.5. The van der Waals surface area contributed by atoms with Crippen LogP contribution in [0.15, 0.2) is 64.3 Å². The van der Waals surface area contributed by atoms with Crippen molar-refractivity contribution in [2.75, 3.05) is 17.7 Å². The van der Waals surface area contributed by atoms with Crippen molar-refractivity contribution in [3.8, 4) is 5.82 Å². The predicted molar refractivity (Wildman–Crippen MR) is 119 cm³/mol. The monoisotopic (exact) mass is 451 g/mol. The molecule has 162 valence electrons. The normalized spacial score (nSPS) is 11.1. The molecule has 32 heavy (non-hydrogen) atoms. The summed E-state index contributed by atoms with van der Waals surface area (Å²) in [4.78, 5) is 14.7. The van der Waals surface area contributed by atoms with Crippen molar-refractivity contribution in [1.82, 2.24) is 30.7 Å². The van der Waals surface area contributed by atoms with Crippen molar-refractivity contribution in [2.45, 2.75) is 6.54 Å². The van der Waals surface area contributed by atoms with Gasteiger partial charge in [0.1, 0.15) is 0 Å². The molecule has 0 aliphatic heterocycles. The average molecular weight is 452 g/mol. The Hall–Kier alpha value is -4.25. The molecule has 11 nitrogen and oxygen atoms in total. The van der Waals surface area contributed by atoms with Crippen LogP contribution >= 0.6 is 11.6 Å². The van der Waals surface area contributed by atoms with E-state index in [2.05, 4.69) is 35.8 Å². The van der Waals surface area contributed by atoms with Gasteiger partial charge in [0.25, 0.3) is 5.91 Å². The van der Waals surface area contributed by atoms with Crippen molar-refractivity contribution in [3.63, 3.8) is 0 Å². The van der Waals surface area contributed by atoms with Gasteiger partial charge in [-0.25, -0.2) is 10.1 Å². The molecule has 0 fully saturated rings. The smallest absolute Gasteiger partial charge is 0.293 e. The average Bonchev–Trinajstić information content (AvgIpc) is 3.41. The number of anilines is 2. The molecule has 0 bridgehead atoms. The first-order valence-corrected chi connectivity index (χ1v) is 9.79. The van der Waals surface area contributed by atoms with Gasteiger partial charge < -0.3 is 10.6 Å². The maximum absolute atomic E-state index is 12.8. The number of nitrogens with two attached hydrogens (primary N) is 1. The molecule has 3 N–H and O–H groups in total. The Labute approximate surface area is 187 Å². The molecule has 0 saturated heterocycles. The Morgan fingerprint density at radius 2 is 1.97 bits per heavy atom. The van der Waals surface area contributed by atoms with E-state index in [9.17, 15) is 4.79 Å². The van der Waals surface area contributed by atoms with Crippen molar-refractivity contribution >= 4 is 35.2 Å². The lowest BCUT2D eigenvalue weighted by atomic mass is 10.2. The molecular formula is C20H18ClN9O2. The number of nitrogens with zero attached hydrogens (tertiary/aromatic N) is 7. The summed E-state index contributed by atoms with van der Waals surface area (Å²) in [5, 5.41) is 20.0. The SMILES string of the molecule is CN(Cc1c(C(=O)NN=Cc2ccc(Cl)cc2)nnn1-c1nonc1N)c1ccccc1. The molecular weight excluding hydrogens is 434 g/mol. The second-order valence-electron chi connectivity index (χ2n) is 6.71. The standard InChI is InChI=1S/C20H18ClN9O2/c1-29(15-5-3-2-4-6-15)12-16-17(24-28-30(16)19-18(22)26-32-27-19)20(31)25-23-11-13-7-9-14(21)10-8-13/h2-11H,12H2,1H3,(H2,22,26)(H,25,31). The first-order valence-electron chi connectivity index (χ1n) is 9.41. The Balaban J connectivity index is 1.61. The molecule has 12 heteroatoms. The van der Waals surface area contributed by atoms with Gasteiger partial charge in [-0.3, -0.25) is 4.79 Å². The van der Waals surface area contributed by atoms with Crippen LogP contribution in [-0.4, -0.2) is 44.5 Å². The van der Waals surface area contributed by atoms with Crippen LogP contribution in [0.4, 0.5) is 11.5 Å². The minimum absolute atomic E-state index is 0.0197. The number of halogens is 1. The third kappa shape index (κ3) is 4.57. The Morgan fingerprint density at radius 3 is 2.66 bits per heavy atom. The molecule has 0 saturated carbocycles. The van der Waals surface area contributed by atoms with E-state index in [4.69, 9.17) is 17.3 Å². The Bertz CT molecular complexity index is 1240. The summed E-state index contributed by atoms with van der Waals surface area (Å²) >= 11 is 5.87. The summed E-state index contributed by atoms with van der Waals surface area (Å²) in [7, 11) is 1.87. The van der Waals surface area contributed by atoms with Crippen LogP contribution in [0.25, 0.3) is 5.82 Å². The number of carbonyl (C=O) groups excluding carboxylic acids is 1. The van der Waals surface area contributed by atoms with Gasteiger partial charge in [0.15, 0.2) is 5.69 Å². The van der Waals surface area contributed by atoms with Gasteiger partial charge >= 0.3 is 0 Å². The van der Waals surface area contributed by atoms with E-state index >= 15 is 0 Å². The third-order valence-electron chi connectivity index (χ3n) is 4.51. The zero-order chi connectivity index (χ0) is 22.5. The molecule has 1 amide bonds. The highest BCUT2D eigenvalue weighted by atomic mass is 35.5. The number of hydrogen-bond donors (Lipinski definition) is 2. The van der Waals surface area contributed by atoms with Crippen LogP contribution in [0, 0.1) is 0 Å². The first kappa shape index (κ1) is 21.0. The molecule has 4 rings (SSSR count). The van der Waals surface area contributed by atoms with E-state index in [-0.39, 0.29) is 23.9 Å². The molecule has 4 aromatic rings. The van der Waals surface area contributed by atoms with E-state index in [1.165, 1.54) is 10.9 Å². The van der Waals surface area contributed by atoms with E-state index in [1.54, 1.807) is 24.3 Å². The molecule has 0 spiro atoms. The maximum Gasteiger partial charge on any atom is 0.293 e. The number of hydrazone groups is 1. The van der Waals surface area contributed by atoms with Crippen LogP contribution in [0.1, 0.15) is 21.7 Å². The van der Waals surface area contributed by atoms with Crippen molar-refractivity contribution in [3.05, 3.63) is 76.6 Å². The van der Waals surface area contributed by atoms with Crippen LogP contribution in [0.2, 0.25) is 5.02 Å². The molecule has 0 atom stereocenters. The molecule has 0 radical (unpaired) electrons. The predicted octanol–water partition coefficient (Wildman–Crippen LogP) is 2.29. The summed E-state index contributed by atoms with van der Waals surface area (Å²) in [5.74, 6) is -0.392. The molecule has 2 heterocycles. The third-order valence-corrected chi connectivity index (χ3v) is 4.76. The van der Waals surface area contributed by atoms with Crippen molar-refractivity contribution in [2.24, 2.45) is 5.10 Å². The summed E-state index contributed by atoms with van der Waals surface area (Å²) in [6, 6.07) is 16.6. The number of nitrogens with one attached hydrogen (secondary N) is 1. The van der Waals surface area contributed by atoms with Gasteiger partial charge in [-0.15, -0.1) is 5.10 Å². The molecule has 0 aliphatic rings. The minimum Gasteiger partial charge on any atom is -0.378 e. The van der Waals surface area contributed by atoms with Gasteiger partial charge in [0.05, 0.1) is 18.5 Å². The number of hydrogen-bond acceptors (Lipinski definition) is 9. The van der Waals surface area contributed by atoms with Crippen LogP contribution in [0.5, 0.6) is 0 Å². The number of benzene rings is 2. The highest BCUT2D eigenvalue weighted by Crippen LogP contribution is 2.20. The van der Waals surface area contributed by atoms with Gasteiger partial charge in [0.2, 0.25) is 11.6 Å². The largest absolute Gasteiger partial charge is 0.378 e. The fourth-order valence-corrected chi connectivity index (χ4v) is 3.02. The number of amides is 1. The number of aromatic nitrogens is 5. The van der Waals surface area contributed by atoms with E-state index in [0.29, 0.717) is 10.7 Å². The van der Waals surface area contributed by atoms with E-state index in [1.807, 2.05) is 42.3 Å². The quantitative estimate of drug-likeness (QED) is 0.322. The summed E-state index contributed by atoms with van der Waals surface area (Å²) in [6.07, 6.45) is 1.49. The van der Waals surface area contributed by atoms with Crippen LogP contribution in [-0.2, 0) is 6.54 Å². The zero-order valence-electron chi connectivity index (χ0n) is 16.9. The van der Waals surface area contributed by atoms with Gasteiger partial charge in [-0.2, -0.15) is 9.78 Å². The lowest BCUT2D eigenvalue weighted by Crippen LogP contribution is -2.24. The molecule has 0 aliphatic carbocycles. The summed E-state index contributed by atoms with van der Waals surface area (Å²) in [6.45, 7) is 0.271. The number of para-hydroxylation sites is 1.